The van der Waals surface area contributed by atoms with Gasteiger partial charge in [0.25, 0.3) is 0 Å². The molecule has 0 fully saturated rings. The van der Waals surface area contributed by atoms with Crippen molar-refractivity contribution in [2.45, 2.75) is 6.61 Å². The highest BCUT2D eigenvalue weighted by atomic mass is 16.5. The van der Waals surface area contributed by atoms with Gasteiger partial charge in [0.2, 0.25) is 0 Å². The Morgan fingerprint density at radius 1 is 1.14 bits per heavy atom. The smallest absolute Gasteiger partial charge is 0.413 e. The molecule has 0 aliphatic carbocycles. The Hall–Kier alpha value is -3.08. The van der Waals surface area contributed by atoms with Gasteiger partial charge in [-0.25, -0.2) is 9.78 Å². The molecule has 22 heavy (non-hydrogen) atoms. The largest absolute Gasteiger partial charge is 0.508 e. The molecule has 0 atom stereocenters. The molecule has 2 aromatic carbocycles. The number of amides is 1. The van der Waals surface area contributed by atoms with Crippen LogP contribution in [0.4, 0.5) is 10.6 Å². The monoisotopic (exact) mass is 294 g/mol. The van der Waals surface area contributed by atoms with Gasteiger partial charge in [0.15, 0.2) is 0 Å². The second-order valence-corrected chi connectivity index (χ2v) is 4.75. The summed E-state index contributed by atoms with van der Waals surface area (Å²) in [5, 5.41) is 13.7. The molecule has 0 spiro atoms. The van der Waals surface area contributed by atoms with E-state index >= 15 is 0 Å². The van der Waals surface area contributed by atoms with Crippen molar-refractivity contribution in [2.75, 3.05) is 5.32 Å². The number of rotatable bonds is 3. The van der Waals surface area contributed by atoms with E-state index in [2.05, 4.69) is 10.3 Å². The van der Waals surface area contributed by atoms with Crippen LogP contribution in [-0.4, -0.2) is 16.2 Å². The summed E-state index contributed by atoms with van der Waals surface area (Å²) in [6, 6.07) is 16.1. The van der Waals surface area contributed by atoms with E-state index < -0.39 is 6.09 Å². The van der Waals surface area contributed by atoms with E-state index in [1.807, 2.05) is 30.3 Å². The number of carbonyl (C=O) groups excluding carboxylic acids is 1. The minimum absolute atomic E-state index is 0.112. The van der Waals surface area contributed by atoms with Crippen LogP contribution in [0.1, 0.15) is 5.56 Å². The first-order valence-electron chi connectivity index (χ1n) is 6.78. The Kier molecular flexibility index (Phi) is 3.87. The zero-order valence-corrected chi connectivity index (χ0v) is 11.7. The van der Waals surface area contributed by atoms with Crippen LogP contribution in [0.3, 0.4) is 0 Å². The third-order valence-corrected chi connectivity index (χ3v) is 3.18. The Labute approximate surface area is 127 Å². The number of benzene rings is 2. The standard InChI is InChI=1S/C17H14N2O3/c20-14-7-6-13-8-9-18-16(15(13)10-14)19-17(21)22-11-12-4-2-1-3-5-12/h1-10,20H,11H2,(H,18,19,21). The summed E-state index contributed by atoms with van der Waals surface area (Å²) in [4.78, 5) is 16.0. The minimum atomic E-state index is -0.591. The molecule has 0 bridgehead atoms. The number of fused-ring (bicyclic) bond motifs is 1. The Balaban J connectivity index is 1.73. The number of ether oxygens (including phenoxy) is 1. The molecule has 110 valence electrons. The van der Waals surface area contributed by atoms with Gasteiger partial charge in [0, 0.05) is 11.6 Å². The third-order valence-electron chi connectivity index (χ3n) is 3.18. The molecule has 5 nitrogen and oxygen atoms in total. The molecule has 3 aromatic rings. The van der Waals surface area contributed by atoms with Gasteiger partial charge in [-0.2, -0.15) is 0 Å². The van der Waals surface area contributed by atoms with Crippen LogP contribution in [0.15, 0.2) is 60.8 Å². The molecule has 0 saturated carbocycles. The number of hydrogen-bond acceptors (Lipinski definition) is 4. The molecule has 0 aliphatic heterocycles. The highest BCUT2D eigenvalue weighted by molar-refractivity contribution is 5.98. The lowest BCUT2D eigenvalue weighted by Crippen LogP contribution is -2.14. The van der Waals surface area contributed by atoms with E-state index in [9.17, 15) is 9.90 Å². The molecule has 0 radical (unpaired) electrons. The Morgan fingerprint density at radius 2 is 1.95 bits per heavy atom. The van der Waals surface area contributed by atoms with Crippen LogP contribution < -0.4 is 5.32 Å². The van der Waals surface area contributed by atoms with E-state index in [1.165, 1.54) is 0 Å². The van der Waals surface area contributed by atoms with Crippen LogP contribution in [0.25, 0.3) is 10.8 Å². The van der Waals surface area contributed by atoms with Crippen LogP contribution in [0.5, 0.6) is 5.75 Å². The van der Waals surface area contributed by atoms with Gasteiger partial charge in [0.05, 0.1) is 0 Å². The van der Waals surface area contributed by atoms with Gasteiger partial charge in [-0.05, 0) is 29.1 Å². The zero-order valence-electron chi connectivity index (χ0n) is 11.7. The number of anilines is 1. The molecule has 0 unspecified atom stereocenters. The number of aromatic nitrogens is 1. The molecule has 1 aromatic heterocycles. The average molecular weight is 294 g/mol. The van der Waals surface area contributed by atoms with Gasteiger partial charge in [-0.1, -0.05) is 36.4 Å². The summed E-state index contributed by atoms with van der Waals surface area (Å²) < 4.78 is 5.16. The number of carbonyl (C=O) groups is 1. The number of nitrogens with one attached hydrogen (secondary N) is 1. The first-order valence-corrected chi connectivity index (χ1v) is 6.78. The van der Waals surface area contributed by atoms with Crippen molar-refractivity contribution in [3.8, 4) is 5.75 Å². The lowest BCUT2D eigenvalue weighted by Gasteiger charge is -2.09. The number of aromatic hydroxyl groups is 1. The predicted molar refractivity (Wildman–Crippen MR) is 83.7 cm³/mol. The molecule has 0 saturated heterocycles. The molecular formula is C17H14N2O3. The second-order valence-electron chi connectivity index (χ2n) is 4.75. The maximum Gasteiger partial charge on any atom is 0.413 e. The summed E-state index contributed by atoms with van der Waals surface area (Å²) in [6.45, 7) is 0.183. The number of nitrogens with zero attached hydrogens (tertiary/aromatic N) is 1. The Bertz CT molecular complexity index is 803. The van der Waals surface area contributed by atoms with Gasteiger partial charge in [-0.3, -0.25) is 5.32 Å². The fraction of sp³-hybridized carbons (Fsp3) is 0.0588. The van der Waals surface area contributed by atoms with Gasteiger partial charge >= 0.3 is 6.09 Å². The molecule has 1 heterocycles. The average Bonchev–Trinajstić information content (AvgIpc) is 2.54. The van der Waals surface area contributed by atoms with Crippen molar-refractivity contribution < 1.29 is 14.6 Å². The van der Waals surface area contributed by atoms with Gasteiger partial charge in [0.1, 0.15) is 18.2 Å². The fourth-order valence-corrected chi connectivity index (χ4v) is 2.11. The van der Waals surface area contributed by atoms with Crippen LogP contribution >= 0.6 is 0 Å². The van der Waals surface area contributed by atoms with Crippen molar-refractivity contribution >= 4 is 22.7 Å². The van der Waals surface area contributed by atoms with Crippen molar-refractivity contribution in [2.24, 2.45) is 0 Å². The normalized spacial score (nSPS) is 10.4. The lowest BCUT2D eigenvalue weighted by atomic mass is 10.1. The summed E-state index contributed by atoms with van der Waals surface area (Å²) in [6.07, 6.45) is 0.999. The minimum Gasteiger partial charge on any atom is -0.508 e. The summed E-state index contributed by atoms with van der Waals surface area (Å²) >= 11 is 0. The van der Waals surface area contributed by atoms with Gasteiger partial charge in [-0.15, -0.1) is 0 Å². The summed E-state index contributed by atoms with van der Waals surface area (Å²) in [5.74, 6) is 0.465. The molecule has 0 aliphatic rings. The zero-order chi connectivity index (χ0) is 15.4. The number of phenols is 1. The first-order chi connectivity index (χ1) is 10.7. The molecular weight excluding hydrogens is 280 g/mol. The Morgan fingerprint density at radius 3 is 2.77 bits per heavy atom. The maximum atomic E-state index is 11.9. The number of phenolic OH excluding ortho intramolecular Hbond substituents is 1. The number of pyridine rings is 1. The van der Waals surface area contributed by atoms with Crippen LogP contribution in [-0.2, 0) is 11.3 Å². The second kappa shape index (κ2) is 6.13. The third kappa shape index (κ3) is 3.15. The van der Waals surface area contributed by atoms with E-state index in [0.29, 0.717) is 11.2 Å². The molecule has 2 N–H and O–H groups in total. The van der Waals surface area contributed by atoms with Crippen molar-refractivity contribution in [1.29, 1.82) is 0 Å². The fourth-order valence-electron chi connectivity index (χ4n) is 2.11. The molecule has 3 rings (SSSR count). The quantitative estimate of drug-likeness (QED) is 0.772. The van der Waals surface area contributed by atoms with E-state index in [-0.39, 0.29) is 12.4 Å². The van der Waals surface area contributed by atoms with Crippen molar-refractivity contribution in [3.63, 3.8) is 0 Å². The highest BCUT2D eigenvalue weighted by Crippen LogP contribution is 2.25. The predicted octanol–water partition coefficient (Wildman–Crippen LogP) is 3.69. The molecule has 1 amide bonds. The van der Waals surface area contributed by atoms with Crippen molar-refractivity contribution in [1.82, 2.24) is 4.98 Å². The maximum absolute atomic E-state index is 11.9. The topological polar surface area (TPSA) is 71.5 Å². The SMILES string of the molecule is O=C(Nc1nccc2ccc(O)cc12)OCc1ccccc1. The summed E-state index contributed by atoms with van der Waals surface area (Å²) in [7, 11) is 0. The van der Waals surface area contributed by atoms with E-state index in [1.54, 1.807) is 30.5 Å². The van der Waals surface area contributed by atoms with Crippen molar-refractivity contribution in [3.05, 3.63) is 66.4 Å². The lowest BCUT2D eigenvalue weighted by molar-refractivity contribution is 0.155. The molecule has 5 heteroatoms. The van der Waals surface area contributed by atoms with E-state index in [0.717, 1.165) is 10.9 Å². The van der Waals surface area contributed by atoms with Crippen LogP contribution in [0.2, 0.25) is 0 Å². The van der Waals surface area contributed by atoms with Gasteiger partial charge < -0.3 is 9.84 Å². The first kappa shape index (κ1) is 13.9. The number of hydrogen-bond donors (Lipinski definition) is 2. The highest BCUT2D eigenvalue weighted by Gasteiger charge is 2.08. The van der Waals surface area contributed by atoms with E-state index in [4.69, 9.17) is 4.74 Å². The van der Waals surface area contributed by atoms with Crippen LogP contribution in [0, 0.1) is 0 Å². The summed E-state index contributed by atoms with van der Waals surface area (Å²) in [5.41, 5.74) is 0.904.